The van der Waals surface area contributed by atoms with Gasteiger partial charge in [-0.1, -0.05) is 27.2 Å². The smallest absolute Gasteiger partial charge is 0.235 e. The molecule has 0 bridgehead atoms. The van der Waals surface area contributed by atoms with Crippen LogP contribution >= 0.6 is 0 Å². The van der Waals surface area contributed by atoms with Gasteiger partial charge in [0.2, 0.25) is 5.88 Å². The highest BCUT2D eigenvalue weighted by molar-refractivity contribution is 5.23. The van der Waals surface area contributed by atoms with Gasteiger partial charge in [-0.2, -0.15) is 0 Å². The van der Waals surface area contributed by atoms with Gasteiger partial charge in [0.05, 0.1) is 7.11 Å². The number of nitrogens with zero attached hydrogens (tertiary/aromatic N) is 2. The predicted molar refractivity (Wildman–Crippen MR) is 85.5 cm³/mol. The Hall–Kier alpha value is -1.16. The first-order valence-electron chi connectivity index (χ1n) is 8.17. The lowest BCUT2D eigenvalue weighted by atomic mass is 9.73. The summed E-state index contributed by atoms with van der Waals surface area (Å²) in [6, 6.07) is 0. The summed E-state index contributed by atoms with van der Waals surface area (Å²) >= 11 is 0. The Morgan fingerprint density at radius 2 is 2.05 bits per heavy atom. The van der Waals surface area contributed by atoms with E-state index in [0.29, 0.717) is 23.6 Å². The highest BCUT2D eigenvalue weighted by atomic mass is 16.5. The van der Waals surface area contributed by atoms with Gasteiger partial charge in [-0.15, -0.1) is 0 Å². The van der Waals surface area contributed by atoms with Crippen LogP contribution in [0.3, 0.4) is 0 Å². The van der Waals surface area contributed by atoms with Crippen LogP contribution < -0.4 is 10.1 Å². The van der Waals surface area contributed by atoms with Crippen molar-refractivity contribution in [3.8, 4) is 5.88 Å². The molecule has 3 atom stereocenters. The standard InChI is InChI=1S/C17H29N3O/c1-12(2)10-18-11-14-6-5-13(3)9-15(14)16-17(21-4)20-8-7-19-16/h7-8,12-15,18H,5-6,9-11H2,1-4H3. The molecule has 1 fully saturated rings. The van der Waals surface area contributed by atoms with E-state index in [-0.39, 0.29) is 0 Å². The maximum absolute atomic E-state index is 5.43. The van der Waals surface area contributed by atoms with Crippen molar-refractivity contribution in [2.75, 3.05) is 20.2 Å². The van der Waals surface area contributed by atoms with Crippen LogP contribution in [0.15, 0.2) is 12.4 Å². The number of hydrogen-bond donors (Lipinski definition) is 1. The average molecular weight is 291 g/mol. The Morgan fingerprint density at radius 3 is 2.76 bits per heavy atom. The Kier molecular flexibility index (Phi) is 5.97. The lowest BCUT2D eigenvalue weighted by molar-refractivity contribution is 0.230. The molecule has 118 valence electrons. The lowest BCUT2D eigenvalue weighted by Gasteiger charge is -2.35. The van der Waals surface area contributed by atoms with Crippen LogP contribution in [0.2, 0.25) is 0 Å². The molecule has 0 radical (unpaired) electrons. The summed E-state index contributed by atoms with van der Waals surface area (Å²) in [7, 11) is 1.69. The highest BCUT2D eigenvalue weighted by Crippen LogP contribution is 2.41. The van der Waals surface area contributed by atoms with Crippen molar-refractivity contribution >= 4 is 0 Å². The number of hydrogen-bond acceptors (Lipinski definition) is 4. The summed E-state index contributed by atoms with van der Waals surface area (Å²) < 4.78 is 5.43. The Morgan fingerprint density at radius 1 is 1.29 bits per heavy atom. The maximum Gasteiger partial charge on any atom is 0.235 e. The average Bonchev–Trinajstić information content (AvgIpc) is 2.48. The molecule has 3 unspecified atom stereocenters. The van der Waals surface area contributed by atoms with E-state index in [1.54, 1.807) is 19.5 Å². The third-order valence-corrected chi connectivity index (χ3v) is 4.45. The summed E-state index contributed by atoms with van der Waals surface area (Å²) in [5.41, 5.74) is 1.04. The lowest BCUT2D eigenvalue weighted by Crippen LogP contribution is -2.33. The SMILES string of the molecule is COc1nccnc1C1CC(C)CCC1CNCC(C)C. The van der Waals surface area contributed by atoms with Gasteiger partial charge in [-0.05, 0) is 43.7 Å². The fourth-order valence-corrected chi connectivity index (χ4v) is 3.33. The Labute approximate surface area is 128 Å². The van der Waals surface area contributed by atoms with E-state index >= 15 is 0 Å². The van der Waals surface area contributed by atoms with E-state index in [4.69, 9.17) is 4.74 Å². The van der Waals surface area contributed by atoms with Crippen LogP contribution in [0.25, 0.3) is 0 Å². The maximum atomic E-state index is 5.43. The summed E-state index contributed by atoms with van der Waals surface area (Å²) in [6.45, 7) is 8.98. The van der Waals surface area contributed by atoms with Crippen LogP contribution in [0.5, 0.6) is 5.88 Å². The van der Waals surface area contributed by atoms with Crippen molar-refractivity contribution in [2.45, 2.75) is 46.0 Å². The van der Waals surface area contributed by atoms with Crippen LogP contribution in [-0.4, -0.2) is 30.2 Å². The zero-order valence-electron chi connectivity index (χ0n) is 13.8. The van der Waals surface area contributed by atoms with Gasteiger partial charge in [0.15, 0.2) is 0 Å². The second-order valence-electron chi connectivity index (χ2n) is 6.79. The zero-order valence-corrected chi connectivity index (χ0v) is 13.8. The third-order valence-electron chi connectivity index (χ3n) is 4.45. The van der Waals surface area contributed by atoms with E-state index < -0.39 is 0 Å². The molecule has 1 heterocycles. The van der Waals surface area contributed by atoms with E-state index in [0.717, 1.165) is 24.7 Å². The molecular weight excluding hydrogens is 262 g/mol. The van der Waals surface area contributed by atoms with Crippen molar-refractivity contribution in [3.05, 3.63) is 18.1 Å². The zero-order chi connectivity index (χ0) is 15.2. The van der Waals surface area contributed by atoms with Crippen LogP contribution in [0, 0.1) is 17.8 Å². The molecule has 1 aliphatic rings. The minimum Gasteiger partial charge on any atom is -0.480 e. The first-order chi connectivity index (χ1) is 10.1. The molecule has 1 N–H and O–H groups in total. The van der Waals surface area contributed by atoms with Gasteiger partial charge in [0, 0.05) is 18.3 Å². The normalized spacial score (nSPS) is 26.0. The molecule has 21 heavy (non-hydrogen) atoms. The van der Waals surface area contributed by atoms with Gasteiger partial charge in [-0.3, -0.25) is 4.98 Å². The highest BCUT2D eigenvalue weighted by Gasteiger charge is 2.32. The minimum absolute atomic E-state index is 0.456. The molecule has 0 amide bonds. The topological polar surface area (TPSA) is 47.0 Å². The first-order valence-corrected chi connectivity index (χ1v) is 8.17. The van der Waals surface area contributed by atoms with Crippen molar-refractivity contribution < 1.29 is 4.74 Å². The van der Waals surface area contributed by atoms with Crippen molar-refractivity contribution in [3.63, 3.8) is 0 Å². The first kappa shape index (κ1) is 16.2. The largest absolute Gasteiger partial charge is 0.480 e. The van der Waals surface area contributed by atoms with Crippen molar-refractivity contribution in [2.24, 2.45) is 17.8 Å². The summed E-state index contributed by atoms with van der Waals surface area (Å²) in [5, 5.41) is 3.62. The van der Waals surface area contributed by atoms with E-state index in [1.807, 2.05) is 0 Å². The summed E-state index contributed by atoms with van der Waals surface area (Å²) in [5.74, 6) is 3.23. The minimum atomic E-state index is 0.456. The van der Waals surface area contributed by atoms with Gasteiger partial charge >= 0.3 is 0 Å². The number of methoxy groups -OCH3 is 1. The van der Waals surface area contributed by atoms with Gasteiger partial charge in [0.25, 0.3) is 0 Å². The molecule has 1 aliphatic carbocycles. The van der Waals surface area contributed by atoms with E-state index in [9.17, 15) is 0 Å². The molecule has 4 heteroatoms. The van der Waals surface area contributed by atoms with Crippen molar-refractivity contribution in [1.29, 1.82) is 0 Å². The second kappa shape index (κ2) is 7.74. The fourth-order valence-electron chi connectivity index (χ4n) is 3.33. The Balaban J connectivity index is 2.11. The van der Waals surface area contributed by atoms with Crippen LogP contribution in [0.1, 0.15) is 51.6 Å². The number of rotatable bonds is 6. The van der Waals surface area contributed by atoms with Crippen molar-refractivity contribution in [1.82, 2.24) is 15.3 Å². The number of nitrogens with one attached hydrogen (secondary N) is 1. The fraction of sp³-hybridized carbons (Fsp3) is 0.765. The predicted octanol–water partition coefficient (Wildman–Crippen LogP) is 3.25. The van der Waals surface area contributed by atoms with E-state index in [2.05, 4.69) is 36.1 Å². The van der Waals surface area contributed by atoms with Gasteiger partial charge in [0.1, 0.15) is 5.69 Å². The summed E-state index contributed by atoms with van der Waals surface area (Å²) in [6.07, 6.45) is 7.25. The molecular formula is C17H29N3O. The molecule has 0 saturated heterocycles. The molecule has 1 aromatic rings. The van der Waals surface area contributed by atoms with Crippen LogP contribution in [0.4, 0.5) is 0 Å². The molecule has 0 aliphatic heterocycles. The van der Waals surface area contributed by atoms with Gasteiger partial charge < -0.3 is 10.1 Å². The molecule has 0 aromatic carbocycles. The van der Waals surface area contributed by atoms with E-state index in [1.165, 1.54) is 19.3 Å². The molecule has 1 saturated carbocycles. The monoisotopic (exact) mass is 291 g/mol. The number of ether oxygens (including phenoxy) is 1. The summed E-state index contributed by atoms with van der Waals surface area (Å²) in [4.78, 5) is 8.92. The third kappa shape index (κ3) is 4.40. The number of aromatic nitrogens is 2. The molecule has 2 rings (SSSR count). The van der Waals surface area contributed by atoms with Gasteiger partial charge in [-0.25, -0.2) is 4.98 Å². The second-order valence-corrected chi connectivity index (χ2v) is 6.79. The molecule has 4 nitrogen and oxygen atoms in total. The van der Waals surface area contributed by atoms with Crippen LogP contribution in [-0.2, 0) is 0 Å². The molecule has 0 spiro atoms. The quantitative estimate of drug-likeness (QED) is 0.874. The Bertz CT molecular complexity index is 436. The molecule has 1 aromatic heterocycles.